The number of rotatable bonds is 32. The van der Waals surface area contributed by atoms with E-state index in [2.05, 4.69) is 118 Å². The van der Waals surface area contributed by atoms with Gasteiger partial charge in [-0.2, -0.15) is 0 Å². The van der Waals surface area contributed by atoms with Crippen LogP contribution in [-0.2, 0) is 0 Å². The first-order chi connectivity index (χ1) is 27.6. The number of hydrogen-bond acceptors (Lipinski definition) is 7. The lowest BCUT2D eigenvalue weighted by atomic mass is 9.94. The van der Waals surface area contributed by atoms with Gasteiger partial charge >= 0.3 is 0 Å². The van der Waals surface area contributed by atoms with Gasteiger partial charge in [-0.15, -0.1) is 58.8 Å². The first-order valence-electron chi connectivity index (χ1n) is 22.5. The van der Waals surface area contributed by atoms with E-state index < -0.39 is 0 Å². The van der Waals surface area contributed by atoms with Gasteiger partial charge in [-0.05, 0) is 130 Å². The van der Waals surface area contributed by atoms with Gasteiger partial charge in [-0.25, -0.2) is 0 Å². The first kappa shape index (κ1) is 48.4. The molecule has 7 heteroatoms. The lowest BCUT2D eigenvalue weighted by Gasteiger charge is -2.19. The van der Waals surface area contributed by atoms with Crippen molar-refractivity contribution in [2.45, 2.75) is 192 Å². The molecule has 0 aliphatic carbocycles. The smallest absolute Gasteiger partial charge is 0.0932 e. The topological polar surface area (TPSA) is 20.2 Å². The van der Waals surface area contributed by atoms with Crippen molar-refractivity contribution in [1.29, 1.82) is 0 Å². The van der Waals surface area contributed by atoms with Crippen LogP contribution in [0.25, 0.3) is 32.3 Å². The maximum atomic E-state index is 10.3. The maximum absolute atomic E-state index is 10.3. The number of aliphatic hydroxyl groups is 1. The zero-order valence-corrected chi connectivity index (χ0v) is 40.6. The van der Waals surface area contributed by atoms with E-state index in [1.165, 1.54) is 213 Å². The largest absolute Gasteiger partial charge is 0.385 e. The highest BCUT2D eigenvalue weighted by molar-refractivity contribution is 8.03. The molecule has 312 valence electrons. The van der Waals surface area contributed by atoms with Crippen molar-refractivity contribution in [2.24, 2.45) is 0 Å². The quantitative estimate of drug-likeness (QED) is 0.0225. The summed E-state index contributed by atoms with van der Waals surface area (Å²) in [6.45, 7) is 11.5. The number of hydrogen-bond donors (Lipinski definition) is 1. The Kier molecular flexibility index (Phi) is 25.1. The predicted octanol–water partition coefficient (Wildman–Crippen LogP) is 18.6. The second-order valence-electron chi connectivity index (χ2n) is 15.4. The maximum Gasteiger partial charge on any atom is 0.0932 e. The minimum atomic E-state index is 0.107. The van der Waals surface area contributed by atoms with Crippen molar-refractivity contribution < 1.29 is 5.11 Å². The number of aliphatic hydroxyl groups excluding tert-OH is 1. The molecule has 0 aliphatic heterocycles. The van der Waals surface area contributed by atoms with E-state index in [0.717, 1.165) is 5.75 Å². The minimum Gasteiger partial charge on any atom is -0.385 e. The van der Waals surface area contributed by atoms with Crippen LogP contribution in [0.1, 0.15) is 163 Å². The molecule has 0 spiro atoms. The van der Waals surface area contributed by atoms with Crippen LogP contribution < -0.4 is 0 Å². The summed E-state index contributed by atoms with van der Waals surface area (Å²) < 4.78 is 0. The van der Waals surface area contributed by atoms with E-state index in [1.807, 2.05) is 11.8 Å². The van der Waals surface area contributed by atoms with Crippen molar-refractivity contribution in [3.8, 4) is 0 Å². The Morgan fingerprint density at radius 3 is 0.661 bits per heavy atom. The third kappa shape index (κ3) is 15.6. The lowest BCUT2D eigenvalue weighted by molar-refractivity contribution is 0.375. The van der Waals surface area contributed by atoms with Crippen molar-refractivity contribution >= 4 is 103 Å². The Morgan fingerprint density at radius 1 is 0.286 bits per heavy atom. The summed E-state index contributed by atoms with van der Waals surface area (Å²) in [6, 6.07) is 15.3. The predicted molar refractivity (Wildman–Crippen MR) is 266 cm³/mol. The van der Waals surface area contributed by atoms with Gasteiger partial charge in [0, 0.05) is 29.4 Å². The Bertz CT molecular complexity index is 1650. The van der Waals surface area contributed by atoms with E-state index in [-0.39, 0.29) is 5.94 Å². The van der Waals surface area contributed by atoms with Gasteiger partial charge in [0.15, 0.2) is 0 Å². The van der Waals surface area contributed by atoms with Crippen LogP contribution in [0.15, 0.2) is 65.8 Å². The van der Waals surface area contributed by atoms with Crippen LogP contribution in [-0.4, -0.2) is 39.8 Å². The zero-order chi connectivity index (χ0) is 39.8. The summed E-state index contributed by atoms with van der Waals surface area (Å²) in [5.74, 6) is 5.99. The Balaban J connectivity index is 1.94. The van der Waals surface area contributed by atoms with Crippen LogP contribution in [0.4, 0.5) is 0 Å². The molecule has 0 radical (unpaired) electrons. The second kappa shape index (κ2) is 29.1. The van der Waals surface area contributed by atoms with E-state index >= 15 is 0 Å². The molecular weight excluding hydrogens is 797 g/mol. The third-order valence-electron chi connectivity index (χ3n) is 10.6. The van der Waals surface area contributed by atoms with Gasteiger partial charge in [-0.3, -0.25) is 0 Å². The molecule has 4 aromatic rings. The molecule has 0 saturated carbocycles. The Labute approximate surface area is 368 Å². The zero-order valence-electron chi connectivity index (χ0n) is 35.7. The summed E-state index contributed by atoms with van der Waals surface area (Å²) in [4.78, 5) is 8.46. The molecule has 56 heavy (non-hydrogen) atoms. The van der Waals surface area contributed by atoms with Gasteiger partial charge < -0.3 is 5.11 Å². The molecule has 0 heterocycles. The summed E-state index contributed by atoms with van der Waals surface area (Å²) in [7, 11) is 0. The van der Waals surface area contributed by atoms with Crippen molar-refractivity contribution in [1.82, 2.24) is 0 Å². The normalized spacial score (nSPS) is 11.9. The Hall–Kier alpha value is -0.280. The van der Waals surface area contributed by atoms with Crippen LogP contribution in [0.3, 0.4) is 0 Å². The highest BCUT2D eigenvalue weighted by Crippen LogP contribution is 2.47. The molecule has 0 bridgehead atoms. The molecule has 0 aliphatic rings. The molecule has 0 aromatic heterocycles. The fourth-order valence-corrected chi connectivity index (χ4v) is 13.8. The van der Waals surface area contributed by atoms with Gasteiger partial charge in [0.1, 0.15) is 0 Å². The molecule has 4 rings (SSSR count). The van der Waals surface area contributed by atoms with Crippen LogP contribution in [0, 0.1) is 0 Å². The van der Waals surface area contributed by atoms with Crippen LogP contribution in [0.2, 0.25) is 0 Å². The first-order valence-corrected chi connectivity index (χ1v) is 28.4. The SMILES string of the molecule is CCCCCCSc1cc2c(cc1SCO)c1cc(SCCCCCC)c(SCCCCCC)cc1c1cc(SCCCCCC)c(SCCCCCC)cc21. The van der Waals surface area contributed by atoms with Gasteiger partial charge in [0.05, 0.1) is 5.94 Å². The van der Waals surface area contributed by atoms with Crippen molar-refractivity contribution in [3.63, 3.8) is 0 Å². The number of unbranched alkanes of at least 4 members (excludes halogenated alkanes) is 15. The van der Waals surface area contributed by atoms with Gasteiger partial charge in [0.25, 0.3) is 0 Å². The van der Waals surface area contributed by atoms with Crippen LogP contribution in [0.5, 0.6) is 0 Å². The van der Waals surface area contributed by atoms with Crippen LogP contribution >= 0.6 is 70.6 Å². The van der Waals surface area contributed by atoms with Gasteiger partial charge in [-0.1, -0.05) is 143 Å². The fraction of sp³-hybridized carbons (Fsp3) is 0.633. The second-order valence-corrected chi connectivity index (χ2v) is 22.0. The third-order valence-corrected chi connectivity index (χ3v) is 17.5. The average Bonchev–Trinajstić information content (AvgIpc) is 3.21. The molecule has 4 aromatic carbocycles. The van der Waals surface area contributed by atoms with E-state index in [9.17, 15) is 5.11 Å². The molecule has 0 atom stereocenters. The summed E-state index contributed by atoms with van der Waals surface area (Å²) in [6.07, 6.45) is 26.0. The molecular formula is C49H74OS6. The summed E-state index contributed by atoms with van der Waals surface area (Å²) in [5.41, 5.74) is 0. The molecule has 1 nitrogen and oxygen atoms in total. The average molecular weight is 872 g/mol. The molecule has 0 unspecified atom stereocenters. The number of benzene rings is 4. The molecule has 0 fully saturated rings. The Morgan fingerprint density at radius 2 is 0.482 bits per heavy atom. The summed E-state index contributed by atoms with van der Waals surface area (Å²) in [5, 5.41) is 18.6. The standard InChI is InChI=1S/C49H74OS6/c1-6-11-16-21-26-51-44-31-38-39-32-45(52-27-22-17-12-7-2)47(54-29-24-19-14-9-4)34-41(39)43-36-49(56-37-50)48(55-30-25-20-15-10-5)35-42(43)40(38)33-46(44)53-28-23-18-13-8-3/h31-36,50H,6-30,37H2,1-5H3. The minimum absolute atomic E-state index is 0.107. The fourth-order valence-electron chi connectivity index (χ4n) is 7.32. The van der Waals surface area contributed by atoms with E-state index in [1.54, 1.807) is 11.8 Å². The van der Waals surface area contributed by atoms with Crippen molar-refractivity contribution in [2.75, 3.05) is 34.7 Å². The lowest BCUT2D eigenvalue weighted by Crippen LogP contribution is -1.93. The number of thioether (sulfide) groups is 6. The number of fused-ring (bicyclic) bond motifs is 6. The monoisotopic (exact) mass is 870 g/mol. The van der Waals surface area contributed by atoms with Gasteiger partial charge in [0.2, 0.25) is 0 Å². The van der Waals surface area contributed by atoms with Crippen molar-refractivity contribution in [3.05, 3.63) is 36.4 Å². The molecule has 1 N–H and O–H groups in total. The molecule has 0 amide bonds. The highest BCUT2D eigenvalue weighted by atomic mass is 32.2. The summed E-state index contributed by atoms with van der Waals surface area (Å²) >= 11 is 12.0. The van der Waals surface area contributed by atoms with E-state index in [0.29, 0.717) is 0 Å². The van der Waals surface area contributed by atoms with E-state index in [4.69, 9.17) is 0 Å². The highest BCUT2D eigenvalue weighted by Gasteiger charge is 2.19. The molecule has 0 saturated heterocycles.